The van der Waals surface area contributed by atoms with Crippen molar-refractivity contribution in [3.8, 4) is 0 Å². The highest BCUT2D eigenvalue weighted by atomic mass is 16.5. The first-order valence-corrected chi connectivity index (χ1v) is 6.58. The molecule has 1 fully saturated rings. The van der Waals surface area contributed by atoms with Gasteiger partial charge in [0.15, 0.2) is 0 Å². The van der Waals surface area contributed by atoms with Gasteiger partial charge in [-0.2, -0.15) is 0 Å². The summed E-state index contributed by atoms with van der Waals surface area (Å²) >= 11 is 0. The second-order valence-corrected chi connectivity index (χ2v) is 5.12. The standard InChI is InChI=1S/C15H23NO/c1-11-4-5-14(10-12(11)2)13(3)16-15-6-8-17-9-7-15/h4-5,10,13,15-16H,6-9H2,1-3H3. The van der Waals surface area contributed by atoms with Crippen LogP contribution in [0.25, 0.3) is 0 Å². The van der Waals surface area contributed by atoms with Crippen molar-refractivity contribution < 1.29 is 4.74 Å². The maximum absolute atomic E-state index is 5.38. The Morgan fingerprint density at radius 2 is 1.88 bits per heavy atom. The lowest BCUT2D eigenvalue weighted by Crippen LogP contribution is -2.36. The molecule has 1 unspecified atom stereocenters. The first-order chi connectivity index (χ1) is 8.16. The summed E-state index contributed by atoms with van der Waals surface area (Å²) in [6.45, 7) is 8.39. The topological polar surface area (TPSA) is 21.3 Å². The van der Waals surface area contributed by atoms with E-state index in [2.05, 4.69) is 44.3 Å². The molecule has 1 atom stereocenters. The lowest BCUT2D eigenvalue weighted by Gasteiger charge is -2.27. The quantitative estimate of drug-likeness (QED) is 0.866. The second-order valence-electron chi connectivity index (χ2n) is 5.12. The van der Waals surface area contributed by atoms with Gasteiger partial charge in [-0.3, -0.25) is 0 Å². The first kappa shape index (κ1) is 12.6. The molecule has 0 amide bonds. The molecule has 1 heterocycles. The minimum Gasteiger partial charge on any atom is -0.381 e. The van der Waals surface area contributed by atoms with Crippen LogP contribution >= 0.6 is 0 Å². The molecule has 0 aliphatic carbocycles. The molecule has 0 saturated carbocycles. The third kappa shape index (κ3) is 3.30. The zero-order chi connectivity index (χ0) is 12.3. The Kier molecular flexibility index (Phi) is 4.19. The van der Waals surface area contributed by atoms with E-state index in [0.717, 1.165) is 26.1 Å². The van der Waals surface area contributed by atoms with Crippen molar-refractivity contribution in [1.29, 1.82) is 0 Å². The Morgan fingerprint density at radius 1 is 1.18 bits per heavy atom. The van der Waals surface area contributed by atoms with Crippen LogP contribution in [-0.4, -0.2) is 19.3 Å². The average Bonchev–Trinajstić information content (AvgIpc) is 2.34. The zero-order valence-corrected chi connectivity index (χ0v) is 11.1. The Hall–Kier alpha value is -0.860. The van der Waals surface area contributed by atoms with Crippen LogP contribution in [-0.2, 0) is 4.74 Å². The number of benzene rings is 1. The van der Waals surface area contributed by atoms with E-state index in [1.54, 1.807) is 0 Å². The molecule has 2 nitrogen and oxygen atoms in total. The molecule has 2 rings (SSSR count). The van der Waals surface area contributed by atoms with Crippen LogP contribution in [0.4, 0.5) is 0 Å². The fourth-order valence-electron chi connectivity index (χ4n) is 2.35. The van der Waals surface area contributed by atoms with Gasteiger partial charge in [-0.05, 0) is 50.3 Å². The predicted octanol–water partition coefficient (Wildman–Crippen LogP) is 3.13. The molecule has 1 aliphatic heterocycles. The van der Waals surface area contributed by atoms with Crippen molar-refractivity contribution in [2.75, 3.05) is 13.2 Å². The van der Waals surface area contributed by atoms with Gasteiger partial charge in [-0.25, -0.2) is 0 Å². The van der Waals surface area contributed by atoms with E-state index >= 15 is 0 Å². The van der Waals surface area contributed by atoms with Gasteiger partial charge in [0.25, 0.3) is 0 Å². The predicted molar refractivity (Wildman–Crippen MR) is 71.3 cm³/mol. The molecule has 0 radical (unpaired) electrons. The van der Waals surface area contributed by atoms with Crippen molar-refractivity contribution in [1.82, 2.24) is 5.32 Å². The number of ether oxygens (including phenoxy) is 1. The largest absolute Gasteiger partial charge is 0.381 e. The lowest BCUT2D eigenvalue weighted by atomic mass is 10.0. The van der Waals surface area contributed by atoms with E-state index in [1.165, 1.54) is 16.7 Å². The second kappa shape index (κ2) is 5.65. The van der Waals surface area contributed by atoms with Gasteiger partial charge in [0.05, 0.1) is 0 Å². The first-order valence-electron chi connectivity index (χ1n) is 6.58. The number of rotatable bonds is 3. The Labute approximate surface area is 104 Å². The van der Waals surface area contributed by atoms with Gasteiger partial charge in [0.1, 0.15) is 0 Å². The summed E-state index contributed by atoms with van der Waals surface area (Å²) in [5.41, 5.74) is 4.13. The number of nitrogens with one attached hydrogen (secondary N) is 1. The summed E-state index contributed by atoms with van der Waals surface area (Å²) in [4.78, 5) is 0. The number of hydrogen-bond donors (Lipinski definition) is 1. The summed E-state index contributed by atoms with van der Waals surface area (Å²) in [5.74, 6) is 0. The number of hydrogen-bond acceptors (Lipinski definition) is 2. The van der Waals surface area contributed by atoms with E-state index < -0.39 is 0 Å². The minimum atomic E-state index is 0.428. The van der Waals surface area contributed by atoms with Gasteiger partial charge in [-0.1, -0.05) is 18.2 Å². The normalized spacial score (nSPS) is 19.2. The van der Waals surface area contributed by atoms with E-state index in [0.29, 0.717) is 12.1 Å². The van der Waals surface area contributed by atoms with Crippen molar-refractivity contribution in [2.45, 2.75) is 45.7 Å². The third-order valence-electron chi connectivity index (χ3n) is 3.74. The summed E-state index contributed by atoms with van der Waals surface area (Å²) in [5, 5.41) is 3.70. The van der Waals surface area contributed by atoms with Crippen LogP contribution < -0.4 is 5.32 Å². The maximum atomic E-state index is 5.38. The van der Waals surface area contributed by atoms with Crippen LogP contribution in [0.15, 0.2) is 18.2 Å². The highest BCUT2D eigenvalue weighted by Gasteiger charge is 2.16. The third-order valence-corrected chi connectivity index (χ3v) is 3.74. The molecule has 0 bridgehead atoms. The molecule has 1 aromatic carbocycles. The monoisotopic (exact) mass is 233 g/mol. The van der Waals surface area contributed by atoms with Gasteiger partial charge >= 0.3 is 0 Å². The fraction of sp³-hybridized carbons (Fsp3) is 0.600. The molecule has 2 heteroatoms. The van der Waals surface area contributed by atoms with Crippen molar-refractivity contribution in [3.05, 3.63) is 34.9 Å². The maximum Gasteiger partial charge on any atom is 0.0480 e. The molecular weight excluding hydrogens is 210 g/mol. The lowest BCUT2D eigenvalue weighted by molar-refractivity contribution is 0.0754. The molecule has 0 aromatic heterocycles. The SMILES string of the molecule is Cc1ccc(C(C)NC2CCOCC2)cc1C. The number of aryl methyl sites for hydroxylation is 2. The Bertz CT molecular complexity index is 369. The highest BCUT2D eigenvalue weighted by Crippen LogP contribution is 2.19. The van der Waals surface area contributed by atoms with Crippen LogP contribution in [0.1, 0.15) is 42.5 Å². The van der Waals surface area contributed by atoms with E-state index in [-0.39, 0.29) is 0 Å². The minimum absolute atomic E-state index is 0.428. The van der Waals surface area contributed by atoms with E-state index in [9.17, 15) is 0 Å². The Morgan fingerprint density at radius 3 is 2.53 bits per heavy atom. The summed E-state index contributed by atoms with van der Waals surface area (Å²) < 4.78 is 5.38. The summed E-state index contributed by atoms with van der Waals surface area (Å²) in [6.07, 6.45) is 2.27. The Balaban J connectivity index is 1.98. The van der Waals surface area contributed by atoms with E-state index in [4.69, 9.17) is 4.74 Å². The molecule has 1 aliphatic rings. The molecular formula is C15H23NO. The van der Waals surface area contributed by atoms with E-state index in [1.807, 2.05) is 0 Å². The molecule has 94 valence electrons. The molecule has 1 aromatic rings. The summed E-state index contributed by atoms with van der Waals surface area (Å²) in [7, 11) is 0. The van der Waals surface area contributed by atoms with Gasteiger partial charge < -0.3 is 10.1 Å². The highest BCUT2D eigenvalue weighted by molar-refractivity contribution is 5.31. The summed E-state index contributed by atoms with van der Waals surface area (Å²) in [6, 6.07) is 7.79. The van der Waals surface area contributed by atoms with Crippen molar-refractivity contribution >= 4 is 0 Å². The van der Waals surface area contributed by atoms with Crippen molar-refractivity contribution in [2.24, 2.45) is 0 Å². The van der Waals surface area contributed by atoms with Crippen molar-refractivity contribution in [3.63, 3.8) is 0 Å². The van der Waals surface area contributed by atoms with Crippen LogP contribution in [0.2, 0.25) is 0 Å². The average molecular weight is 233 g/mol. The van der Waals surface area contributed by atoms with Crippen LogP contribution in [0.3, 0.4) is 0 Å². The molecule has 17 heavy (non-hydrogen) atoms. The van der Waals surface area contributed by atoms with Gasteiger partial charge in [0, 0.05) is 25.3 Å². The molecule has 1 N–H and O–H groups in total. The van der Waals surface area contributed by atoms with Gasteiger partial charge in [-0.15, -0.1) is 0 Å². The van der Waals surface area contributed by atoms with Gasteiger partial charge in [0.2, 0.25) is 0 Å². The fourth-order valence-corrected chi connectivity index (χ4v) is 2.35. The smallest absolute Gasteiger partial charge is 0.0480 e. The zero-order valence-electron chi connectivity index (χ0n) is 11.1. The van der Waals surface area contributed by atoms with Crippen LogP contribution in [0, 0.1) is 13.8 Å². The molecule has 1 saturated heterocycles. The van der Waals surface area contributed by atoms with Crippen LogP contribution in [0.5, 0.6) is 0 Å². The molecule has 0 spiro atoms.